The van der Waals surface area contributed by atoms with Crippen LogP contribution in [-0.4, -0.2) is 52.8 Å². The van der Waals surface area contributed by atoms with Crippen molar-refractivity contribution in [1.82, 2.24) is 4.90 Å². The van der Waals surface area contributed by atoms with Gasteiger partial charge in [-0.15, -0.1) is 11.3 Å². The molecule has 0 spiro atoms. The molecule has 0 radical (unpaired) electrons. The molecule has 8 nitrogen and oxygen atoms in total. The van der Waals surface area contributed by atoms with Crippen molar-refractivity contribution in [2.45, 2.75) is 69.7 Å². The molecule has 9 heteroatoms. The molecule has 2 aromatic rings. The third kappa shape index (κ3) is 4.73. The van der Waals surface area contributed by atoms with Gasteiger partial charge in [-0.25, -0.2) is 0 Å². The molecular weight excluding hydrogens is 480 g/mol. The Kier molecular flexibility index (Phi) is 7.97. The quantitative estimate of drug-likeness (QED) is 0.377. The highest BCUT2D eigenvalue weighted by molar-refractivity contribution is 7.17. The molecule has 0 unspecified atom stereocenters. The number of thiophene rings is 1. The van der Waals surface area contributed by atoms with Crippen molar-refractivity contribution >= 4 is 45.0 Å². The fourth-order valence-corrected chi connectivity index (χ4v) is 7.42. The lowest BCUT2D eigenvalue weighted by Crippen LogP contribution is -2.69. The first-order chi connectivity index (χ1) is 17.3. The fourth-order valence-electron chi connectivity index (χ4n) is 6.45. The number of carbonyl (C=O) groups is 4. The molecule has 0 bridgehead atoms. The lowest BCUT2D eigenvalue weighted by Gasteiger charge is -2.52. The molecule has 0 aliphatic heterocycles. The van der Waals surface area contributed by atoms with Crippen LogP contribution < -0.4 is 10.5 Å². The van der Waals surface area contributed by atoms with Crippen molar-refractivity contribution in [3.63, 3.8) is 0 Å². The van der Waals surface area contributed by atoms with Crippen molar-refractivity contribution in [1.29, 1.82) is 0 Å². The molecule has 2 saturated carbocycles. The first kappa shape index (κ1) is 26.1. The number of hydrogen-bond donors (Lipinski definition) is 2. The Hall–Kier alpha value is -2.94. The topological polar surface area (TPSA) is 127 Å². The number of nitrogens with two attached hydrogens (primary N) is 1. The number of carboxylic acid groups (broad SMARTS) is 1. The highest BCUT2D eigenvalue weighted by Crippen LogP contribution is 2.47. The van der Waals surface area contributed by atoms with Crippen LogP contribution in [0.5, 0.6) is 5.75 Å². The molecule has 194 valence electrons. The van der Waals surface area contributed by atoms with Gasteiger partial charge in [0.1, 0.15) is 17.8 Å². The summed E-state index contributed by atoms with van der Waals surface area (Å²) in [6, 6.07) is 5.22. The summed E-state index contributed by atoms with van der Waals surface area (Å²) in [6.07, 6.45) is 8.28. The number of carbonyl (C=O) groups excluding carboxylic acids is 3. The average Bonchev–Trinajstić information content (AvgIpc) is 3.31. The Morgan fingerprint density at radius 3 is 2.11 bits per heavy atom. The summed E-state index contributed by atoms with van der Waals surface area (Å²) in [7, 11) is 1.55. The molecule has 1 heterocycles. The summed E-state index contributed by atoms with van der Waals surface area (Å²) in [5, 5.41) is 12.0. The second kappa shape index (κ2) is 11.0. The minimum Gasteiger partial charge on any atom is -0.497 e. The summed E-state index contributed by atoms with van der Waals surface area (Å²) in [4.78, 5) is 54.2. The van der Waals surface area contributed by atoms with E-state index in [1.165, 1.54) is 11.3 Å². The molecule has 2 aliphatic carbocycles. The second-order valence-corrected chi connectivity index (χ2v) is 10.9. The molecule has 0 atom stereocenters. The number of fused-ring (bicyclic) bond motifs is 1. The molecule has 2 fully saturated rings. The number of rotatable bonds is 9. The first-order valence-corrected chi connectivity index (χ1v) is 13.6. The highest BCUT2D eigenvalue weighted by atomic mass is 32.1. The van der Waals surface area contributed by atoms with E-state index in [0.717, 1.165) is 48.1 Å². The van der Waals surface area contributed by atoms with E-state index in [1.54, 1.807) is 30.7 Å². The normalized spacial score (nSPS) is 17.6. The standard InChI is InChI=1S/C27H34N2O6S/c1-35-19-12-13-20-21(16-36-22(20)14-19)24(32)25(33)29(15-23(30)31)27(26(28)34,17-8-4-2-5-9-17)18-10-6-3-7-11-18/h12-14,16-18H,2-11,15H2,1H3,(H2,28,34)(H,30,31). The minimum atomic E-state index is -1.50. The number of nitrogens with zero attached hydrogens (tertiary/aromatic N) is 1. The Morgan fingerprint density at radius 1 is 1.03 bits per heavy atom. The van der Waals surface area contributed by atoms with Gasteiger partial charge in [0.05, 0.1) is 7.11 Å². The largest absolute Gasteiger partial charge is 0.497 e. The molecule has 2 aliphatic rings. The molecule has 36 heavy (non-hydrogen) atoms. The number of carboxylic acids is 1. The van der Waals surface area contributed by atoms with Crippen molar-refractivity contribution in [2.24, 2.45) is 17.6 Å². The summed E-state index contributed by atoms with van der Waals surface area (Å²) < 4.78 is 6.03. The van der Waals surface area contributed by atoms with Gasteiger partial charge in [0.15, 0.2) is 0 Å². The third-order valence-electron chi connectivity index (χ3n) is 8.06. The maximum Gasteiger partial charge on any atom is 0.323 e. The van der Waals surface area contributed by atoms with Crippen molar-refractivity contribution < 1.29 is 29.0 Å². The molecule has 1 aromatic carbocycles. The predicted octanol–water partition coefficient (Wildman–Crippen LogP) is 4.39. The van der Waals surface area contributed by atoms with Crippen LogP contribution in [-0.2, 0) is 14.4 Å². The van der Waals surface area contributed by atoms with Crippen LogP contribution >= 0.6 is 11.3 Å². The SMILES string of the molecule is COc1ccc2c(C(=O)C(=O)N(CC(=O)O)C(C(N)=O)(C3CCCCC3)C3CCCCC3)csc2c1. The van der Waals surface area contributed by atoms with Gasteiger partial charge >= 0.3 is 5.97 Å². The minimum absolute atomic E-state index is 0.198. The monoisotopic (exact) mass is 514 g/mol. The van der Waals surface area contributed by atoms with Gasteiger partial charge in [0.25, 0.3) is 11.7 Å². The Bertz CT molecular complexity index is 1130. The smallest absolute Gasteiger partial charge is 0.323 e. The summed E-state index contributed by atoms with van der Waals surface area (Å²) >= 11 is 1.31. The number of ether oxygens (including phenoxy) is 1. The van der Waals surface area contributed by atoms with E-state index < -0.39 is 35.7 Å². The van der Waals surface area contributed by atoms with Crippen molar-refractivity contribution in [3.8, 4) is 5.75 Å². The maximum atomic E-state index is 14.0. The van der Waals surface area contributed by atoms with E-state index in [0.29, 0.717) is 36.8 Å². The zero-order chi connectivity index (χ0) is 25.9. The molecular formula is C27H34N2O6S. The number of amides is 2. The fraction of sp³-hybridized carbons (Fsp3) is 0.556. The van der Waals surface area contributed by atoms with Crippen LogP contribution in [0.2, 0.25) is 0 Å². The van der Waals surface area contributed by atoms with Crippen LogP contribution in [0.1, 0.15) is 74.6 Å². The van der Waals surface area contributed by atoms with Crippen molar-refractivity contribution in [3.05, 3.63) is 29.1 Å². The van der Waals surface area contributed by atoms with Gasteiger partial charge in [0.2, 0.25) is 5.91 Å². The molecule has 2 amide bonds. The van der Waals surface area contributed by atoms with Crippen LogP contribution in [0.25, 0.3) is 10.1 Å². The maximum absolute atomic E-state index is 14.0. The van der Waals surface area contributed by atoms with E-state index in [9.17, 15) is 24.3 Å². The van der Waals surface area contributed by atoms with E-state index >= 15 is 0 Å². The van der Waals surface area contributed by atoms with Crippen LogP contribution in [0.4, 0.5) is 0 Å². The lowest BCUT2D eigenvalue weighted by atomic mass is 9.62. The van der Waals surface area contributed by atoms with Gasteiger partial charge in [-0.2, -0.15) is 0 Å². The summed E-state index contributed by atoms with van der Waals surface area (Å²) in [6.45, 7) is -0.740. The number of primary amides is 1. The number of Topliss-reactive ketones (excluding diaryl/α,β-unsaturated/α-hetero) is 1. The number of aliphatic carboxylic acids is 1. The van der Waals surface area contributed by atoms with Crippen LogP contribution in [0.15, 0.2) is 23.6 Å². The number of hydrogen-bond acceptors (Lipinski definition) is 6. The Balaban J connectivity index is 1.81. The molecule has 4 rings (SSSR count). The number of methoxy groups -OCH3 is 1. The lowest BCUT2D eigenvalue weighted by molar-refractivity contribution is -0.161. The average molecular weight is 515 g/mol. The summed E-state index contributed by atoms with van der Waals surface area (Å²) in [5.41, 5.74) is 4.84. The Morgan fingerprint density at radius 2 is 1.61 bits per heavy atom. The van der Waals surface area contributed by atoms with E-state index in [2.05, 4.69) is 0 Å². The molecule has 3 N–H and O–H groups in total. The van der Waals surface area contributed by atoms with Gasteiger partial charge in [0, 0.05) is 21.0 Å². The van der Waals surface area contributed by atoms with Gasteiger partial charge in [-0.1, -0.05) is 38.5 Å². The molecule has 1 aromatic heterocycles. The van der Waals surface area contributed by atoms with E-state index in [-0.39, 0.29) is 17.4 Å². The van der Waals surface area contributed by atoms with E-state index in [1.807, 2.05) is 0 Å². The zero-order valence-corrected chi connectivity index (χ0v) is 21.5. The number of benzene rings is 1. The van der Waals surface area contributed by atoms with Crippen LogP contribution in [0.3, 0.4) is 0 Å². The summed E-state index contributed by atoms with van der Waals surface area (Å²) in [5.74, 6) is -3.66. The third-order valence-corrected chi connectivity index (χ3v) is 9.00. The van der Waals surface area contributed by atoms with Gasteiger partial charge in [-0.3, -0.25) is 19.2 Å². The van der Waals surface area contributed by atoms with Gasteiger partial charge in [-0.05, 0) is 55.7 Å². The zero-order valence-electron chi connectivity index (χ0n) is 20.7. The Labute approximate surface area is 214 Å². The predicted molar refractivity (Wildman–Crippen MR) is 137 cm³/mol. The van der Waals surface area contributed by atoms with E-state index in [4.69, 9.17) is 10.5 Å². The highest BCUT2D eigenvalue weighted by Gasteiger charge is 2.57. The number of ketones is 1. The first-order valence-electron chi connectivity index (χ1n) is 12.7. The second-order valence-electron chi connectivity index (χ2n) is 9.99. The van der Waals surface area contributed by atoms with Crippen molar-refractivity contribution in [2.75, 3.05) is 13.7 Å². The van der Waals surface area contributed by atoms with Gasteiger partial charge < -0.3 is 20.5 Å². The molecule has 0 saturated heterocycles. The van der Waals surface area contributed by atoms with Crippen LogP contribution in [0, 0.1) is 11.8 Å².